The molecule has 0 spiro atoms. The van der Waals surface area contributed by atoms with Gasteiger partial charge in [0.25, 0.3) is 5.56 Å². The van der Waals surface area contributed by atoms with Crippen molar-refractivity contribution in [3.8, 4) is 0 Å². The van der Waals surface area contributed by atoms with Crippen LogP contribution in [0.2, 0.25) is 0 Å². The van der Waals surface area contributed by atoms with Gasteiger partial charge < -0.3 is 5.84 Å². The maximum atomic E-state index is 11.7. The van der Waals surface area contributed by atoms with Crippen LogP contribution in [0, 0.1) is 0 Å². The van der Waals surface area contributed by atoms with Crippen molar-refractivity contribution in [2.75, 3.05) is 5.84 Å². The topological polar surface area (TPSA) is 70.0 Å². The number of nitrogen functional groups attached to an aromatic ring is 1. The number of nitrogens with two attached hydrogens (primary N) is 1. The molecule has 78 valence electrons. The fourth-order valence-corrected chi connectivity index (χ4v) is 1.81. The van der Waals surface area contributed by atoms with E-state index in [1.165, 1.54) is 4.57 Å². The minimum Gasteiger partial charge on any atom is -0.332 e. The summed E-state index contributed by atoms with van der Waals surface area (Å²) in [6.45, 7) is 0. The molecule has 0 fully saturated rings. The lowest BCUT2D eigenvalue weighted by Crippen LogP contribution is -2.43. The van der Waals surface area contributed by atoms with Crippen molar-refractivity contribution in [3.63, 3.8) is 0 Å². The summed E-state index contributed by atoms with van der Waals surface area (Å²) in [5.41, 5.74) is -0.459. The van der Waals surface area contributed by atoms with Gasteiger partial charge in [-0.05, 0) is 18.2 Å². The van der Waals surface area contributed by atoms with Crippen LogP contribution in [0.3, 0.4) is 0 Å². The number of nitrogens with zero attached hydrogens (tertiary/aromatic N) is 2. The van der Waals surface area contributed by atoms with E-state index in [4.69, 9.17) is 5.84 Å². The molecule has 0 atom stereocenters. The minimum atomic E-state index is -0.533. The van der Waals surface area contributed by atoms with Crippen LogP contribution in [-0.4, -0.2) is 9.24 Å². The zero-order chi connectivity index (χ0) is 11.2. The van der Waals surface area contributed by atoms with E-state index < -0.39 is 11.2 Å². The van der Waals surface area contributed by atoms with E-state index in [1.54, 1.807) is 25.2 Å². The van der Waals surface area contributed by atoms with Gasteiger partial charge in [-0.15, -0.1) is 0 Å². The average Bonchev–Trinajstić information content (AvgIpc) is 2.23. The van der Waals surface area contributed by atoms with Crippen molar-refractivity contribution in [2.24, 2.45) is 7.05 Å². The molecule has 5 nitrogen and oxygen atoms in total. The maximum Gasteiger partial charge on any atom is 0.349 e. The number of hydrogen-bond acceptors (Lipinski definition) is 3. The lowest BCUT2D eigenvalue weighted by Gasteiger charge is -2.06. The van der Waals surface area contributed by atoms with Crippen LogP contribution in [0.25, 0.3) is 10.9 Å². The van der Waals surface area contributed by atoms with E-state index in [9.17, 15) is 9.59 Å². The summed E-state index contributed by atoms with van der Waals surface area (Å²) in [6.07, 6.45) is 0. The molecule has 1 heterocycles. The Hall–Kier alpha value is -1.56. The fourth-order valence-electron chi connectivity index (χ4n) is 1.45. The first-order valence-electron chi connectivity index (χ1n) is 4.19. The molecule has 1 aromatic heterocycles. The van der Waals surface area contributed by atoms with E-state index in [2.05, 4.69) is 15.9 Å². The Kier molecular flexibility index (Phi) is 2.15. The normalized spacial score (nSPS) is 10.8. The number of fused-ring (bicyclic) bond motifs is 1. The lowest BCUT2D eigenvalue weighted by atomic mass is 10.2. The Morgan fingerprint density at radius 2 is 2.00 bits per heavy atom. The third-order valence-corrected chi connectivity index (χ3v) is 2.76. The molecule has 0 unspecified atom stereocenters. The minimum absolute atomic E-state index is 0.411. The van der Waals surface area contributed by atoms with Crippen LogP contribution in [0.4, 0.5) is 0 Å². The van der Waals surface area contributed by atoms with Gasteiger partial charge in [-0.1, -0.05) is 15.9 Å². The largest absolute Gasteiger partial charge is 0.349 e. The summed E-state index contributed by atoms with van der Waals surface area (Å²) >= 11 is 3.26. The van der Waals surface area contributed by atoms with Gasteiger partial charge >= 0.3 is 5.69 Å². The summed E-state index contributed by atoms with van der Waals surface area (Å²) in [5.74, 6) is 5.35. The highest BCUT2D eigenvalue weighted by Gasteiger charge is 2.08. The first kappa shape index (κ1) is 9.97. The maximum absolute atomic E-state index is 11.7. The summed E-state index contributed by atoms with van der Waals surface area (Å²) in [5, 5.41) is 0.411. The van der Waals surface area contributed by atoms with Crippen LogP contribution in [0.15, 0.2) is 32.3 Å². The van der Waals surface area contributed by atoms with Gasteiger partial charge in [-0.2, -0.15) is 4.68 Å². The zero-order valence-electron chi connectivity index (χ0n) is 7.90. The van der Waals surface area contributed by atoms with E-state index in [-0.39, 0.29) is 0 Å². The Morgan fingerprint density at radius 3 is 2.67 bits per heavy atom. The monoisotopic (exact) mass is 269 g/mol. The molecule has 6 heteroatoms. The van der Waals surface area contributed by atoms with Gasteiger partial charge in [0.05, 0.1) is 10.9 Å². The van der Waals surface area contributed by atoms with Crippen molar-refractivity contribution < 1.29 is 0 Å². The molecular weight excluding hydrogens is 262 g/mol. The Bertz CT molecular complexity index is 657. The molecule has 0 radical (unpaired) electrons. The number of hydrogen-bond donors (Lipinski definition) is 1. The first-order chi connectivity index (χ1) is 7.02. The average molecular weight is 270 g/mol. The van der Waals surface area contributed by atoms with Crippen LogP contribution in [0.1, 0.15) is 0 Å². The van der Waals surface area contributed by atoms with E-state index in [0.29, 0.717) is 15.6 Å². The Labute approximate surface area is 92.8 Å². The number of benzene rings is 1. The third-order valence-electron chi connectivity index (χ3n) is 2.26. The molecule has 0 aliphatic carbocycles. The molecule has 1 aromatic carbocycles. The van der Waals surface area contributed by atoms with Crippen LogP contribution < -0.4 is 17.1 Å². The number of rotatable bonds is 0. The van der Waals surface area contributed by atoms with Gasteiger partial charge in [-0.25, -0.2) is 4.79 Å². The van der Waals surface area contributed by atoms with Gasteiger partial charge in [0.1, 0.15) is 0 Å². The van der Waals surface area contributed by atoms with Crippen LogP contribution >= 0.6 is 15.9 Å². The van der Waals surface area contributed by atoms with Crippen molar-refractivity contribution in [1.82, 2.24) is 9.24 Å². The highest BCUT2D eigenvalue weighted by Crippen LogP contribution is 2.14. The van der Waals surface area contributed by atoms with Crippen LogP contribution in [-0.2, 0) is 7.05 Å². The second-order valence-corrected chi connectivity index (χ2v) is 4.09. The summed E-state index contributed by atoms with van der Waals surface area (Å²) < 4.78 is 2.71. The van der Waals surface area contributed by atoms with Crippen LogP contribution in [0.5, 0.6) is 0 Å². The molecule has 0 saturated carbocycles. The Morgan fingerprint density at radius 1 is 1.33 bits per heavy atom. The second-order valence-electron chi connectivity index (χ2n) is 3.18. The lowest BCUT2D eigenvalue weighted by molar-refractivity contribution is 0.749. The highest BCUT2D eigenvalue weighted by atomic mass is 79.9. The summed E-state index contributed by atoms with van der Waals surface area (Å²) in [4.78, 5) is 23.1. The Balaban J connectivity index is 3.15. The number of halogens is 1. The fraction of sp³-hybridized carbons (Fsp3) is 0.111. The first-order valence-corrected chi connectivity index (χ1v) is 4.98. The quantitative estimate of drug-likeness (QED) is 0.694. The smallest absolute Gasteiger partial charge is 0.332 e. The van der Waals surface area contributed by atoms with Gasteiger partial charge in [0.2, 0.25) is 0 Å². The summed E-state index contributed by atoms with van der Waals surface area (Å²) in [6, 6.07) is 5.10. The van der Waals surface area contributed by atoms with E-state index >= 15 is 0 Å². The number of aromatic nitrogens is 2. The molecule has 0 saturated heterocycles. The molecule has 0 amide bonds. The van der Waals surface area contributed by atoms with Gasteiger partial charge in [0.15, 0.2) is 0 Å². The van der Waals surface area contributed by atoms with Crippen molar-refractivity contribution in [2.45, 2.75) is 0 Å². The molecule has 2 N–H and O–H groups in total. The van der Waals surface area contributed by atoms with E-state index in [0.717, 1.165) is 4.47 Å². The molecule has 2 aromatic rings. The third kappa shape index (κ3) is 1.37. The summed E-state index contributed by atoms with van der Waals surface area (Å²) in [7, 11) is 1.57. The second kappa shape index (κ2) is 3.23. The molecular formula is C9H8BrN3O2. The standard InChI is InChI=1S/C9H8BrN3O2/c1-12-7-3-2-5(10)4-6(7)8(14)13(11)9(12)15/h2-4H,11H2,1H3. The number of aryl methyl sites for hydroxylation is 1. The molecule has 15 heavy (non-hydrogen) atoms. The molecule has 2 rings (SSSR count). The van der Waals surface area contributed by atoms with Crippen molar-refractivity contribution >= 4 is 26.8 Å². The molecule has 0 aliphatic rings. The van der Waals surface area contributed by atoms with Gasteiger partial charge in [0, 0.05) is 11.5 Å². The zero-order valence-corrected chi connectivity index (χ0v) is 9.48. The van der Waals surface area contributed by atoms with Crippen molar-refractivity contribution in [3.05, 3.63) is 43.5 Å². The van der Waals surface area contributed by atoms with Crippen molar-refractivity contribution in [1.29, 1.82) is 0 Å². The molecule has 0 bridgehead atoms. The highest BCUT2D eigenvalue weighted by molar-refractivity contribution is 9.10. The SMILES string of the molecule is Cn1c(=O)n(N)c(=O)c2cc(Br)ccc21. The molecule has 0 aliphatic heterocycles. The predicted molar refractivity (Wildman–Crippen MR) is 61.3 cm³/mol. The van der Waals surface area contributed by atoms with E-state index in [1.807, 2.05) is 0 Å². The predicted octanol–water partition coefficient (Wildman–Crippen LogP) is 0.176. The van der Waals surface area contributed by atoms with Gasteiger partial charge in [-0.3, -0.25) is 9.36 Å².